The Morgan fingerprint density at radius 2 is 2.00 bits per heavy atom. The van der Waals surface area contributed by atoms with Gasteiger partial charge in [-0.15, -0.1) is 0 Å². The van der Waals surface area contributed by atoms with E-state index in [1.54, 1.807) is 0 Å². The molecule has 1 aliphatic rings. The van der Waals surface area contributed by atoms with Crippen LogP contribution in [0, 0.1) is 19.8 Å². The standard InChI is InChI=1S/C13H18N2O2/c1-8-4-3-5-9(2)12(8)15-13(16)10-6-17-7-11(10)14/h3-5,10-11H,6-7,14H2,1-2H3,(H,15,16). The predicted octanol–water partition coefficient (Wildman–Crippen LogP) is 1.22. The van der Waals surface area contributed by atoms with Crippen molar-refractivity contribution in [3.05, 3.63) is 29.3 Å². The zero-order chi connectivity index (χ0) is 12.4. The lowest BCUT2D eigenvalue weighted by molar-refractivity contribution is -0.120. The van der Waals surface area contributed by atoms with Crippen LogP contribution in [0.2, 0.25) is 0 Å². The van der Waals surface area contributed by atoms with E-state index in [0.717, 1.165) is 16.8 Å². The Balaban J connectivity index is 2.13. The van der Waals surface area contributed by atoms with Crippen molar-refractivity contribution in [3.8, 4) is 0 Å². The number of aryl methyl sites for hydroxylation is 2. The van der Waals surface area contributed by atoms with Gasteiger partial charge in [0.2, 0.25) is 5.91 Å². The van der Waals surface area contributed by atoms with Gasteiger partial charge in [0.15, 0.2) is 0 Å². The quantitative estimate of drug-likeness (QED) is 0.808. The average Bonchev–Trinajstić information content (AvgIpc) is 2.70. The van der Waals surface area contributed by atoms with Crippen molar-refractivity contribution in [3.63, 3.8) is 0 Å². The second-order valence-corrected chi connectivity index (χ2v) is 4.56. The molecule has 2 atom stereocenters. The zero-order valence-corrected chi connectivity index (χ0v) is 10.2. The normalized spacial score (nSPS) is 23.7. The van der Waals surface area contributed by atoms with Crippen LogP contribution in [0.15, 0.2) is 18.2 Å². The lowest BCUT2D eigenvalue weighted by atomic mass is 10.0. The van der Waals surface area contributed by atoms with Gasteiger partial charge in [0, 0.05) is 11.7 Å². The number of hydrogen-bond acceptors (Lipinski definition) is 3. The summed E-state index contributed by atoms with van der Waals surface area (Å²) in [7, 11) is 0. The van der Waals surface area contributed by atoms with Crippen molar-refractivity contribution in [2.75, 3.05) is 18.5 Å². The highest BCUT2D eigenvalue weighted by Crippen LogP contribution is 2.21. The Morgan fingerprint density at radius 3 is 2.53 bits per heavy atom. The van der Waals surface area contributed by atoms with Crippen molar-refractivity contribution in [2.45, 2.75) is 19.9 Å². The molecular formula is C13H18N2O2. The van der Waals surface area contributed by atoms with Crippen molar-refractivity contribution in [1.29, 1.82) is 0 Å². The largest absolute Gasteiger partial charge is 0.379 e. The van der Waals surface area contributed by atoms with Crippen molar-refractivity contribution < 1.29 is 9.53 Å². The summed E-state index contributed by atoms with van der Waals surface area (Å²) in [6, 6.07) is 5.74. The average molecular weight is 234 g/mol. The van der Waals surface area contributed by atoms with Gasteiger partial charge in [0.1, 0.15) is 0 Å². The summed E-state index contributed by atoms with van der Waals surface area (Å²) in [4.78, 5) is 12.1. The SMILES string of the molecule is Cc1cccc(C)c1NC(=O)C1COCC1N. The number of benzene rings is 1. The first-order valence-electron chi connectivity index (χ1n) is 5.80. The van der Waals surface area contributed by atoms with Gasteiger partial charge in [0.25, 0.3) is 0 Å². The van der Waals surface area contributed by atoms with Crippen LogP contribution in [0.1, 0.15) is 11.1 Å². The second-order valence-electron chi connectivity index (χ2n) is 4.56. The molecule has 92 valence electrons. The highest BCUT2D eigenvalue weighted by Gasteiger charge is 2.31. The summed E-state index contributed by atoms with van der Waals surface area (Å²) in [6.07, 6.45) is 0. The third-order valence-corrected chi connectivity index (χ3v) is 3.19. The molecule has 1 amide bonds. The van der Waals surface area contributed by atoms with E-state index >= 15 is 0 Å². The molecule has 2 rings (SSSR count). The number of rotatable bonds is 2. The maximum atomic E-state index is 12.1. The van der Waals surface area contributed by atoms with Gasteiger partial charge in [-0.1, -0.05) is 18.2 Å². The van der Waals surface area contributed by atoms with Crippen molar-refractivity contribution in [2.24, 2.45) is 11.7 Å². The predicted molar refractivity (Wildman–Crippen MR) is 66.8 cm³/mol. The lowest BCUT2D eigenvalue weighted by Gasteiger charge is -2.16. The molecule has 1 saturated heterocycles. The van der Waals surface area contributed by atoms with E-state index in [1.165, 1.54) is 0 Å². The molecule has 2 unspecified atom stereocenters. The van der Waals surface area contributed by atoms with E-state index in [-0.39, 0.29) is 17.9 Å². The molecule has 0 spiro atoms. The summed E-state index contributed by atoms with van der Waals surface area (Å²) in [5, 5.41) is 2.95. The summed E-state index contributed by atoms with van der Waals surface area (Å²) < 4.78 is 5.20. The minimum atomic E-state index is -0.242. The van der Waals surface area contributed by atoms with Gasteiger partial charge in [-0.2, -0.15) is 0 Å². The van der Waals surface area contributed by atoms with Crippen LogP contribution in [-0.4, -0.2) is 25.2 Å². The molecule has 0 radical (unpaired) electrons. The Bertz CT molecular complexity index is 411. The topological polar surface area (TPSA) is 64.3 Å². The van der Waals surface area contributed by atoms with Gasteiger partial charge in [0.05, 0.1) is 19.1 Å². The minimum Gasteiger partial charge on any atom is -0.379 e. The lowest BCUT2D eigenvalue weighted by Crippen LogP contribution is -2.37. The number of anilines is 1. The Labute approximate surface area is 101 Å². The molecule has 0 bridgehead atoms. The van der Waals surface area contributed by atoms with Gasteiger partial charge >= 0.3 is 0 Å². The maximum Gasteiger partial charge on any atom is 0.231 e. The maximum absolute atomic E-state index is 12.1. The summed E-state index contributed by atoms with van der Waals surface area (Å²) >= 11 is 0. The van der Waals surface area contributed by atoms with Gasteiger partial charge in [-0.25, -0.2) is 0 Å². The summed E-state index contributed by atoms with van der Waals surface area (Å²) in [5.74, 6) is -0.290. The molecule has 17 heavy (non-hydrogen) atoms. The molecule has 0 saturated carbocycles. The van der Waals surface area contributed by atoms with Gasteiger partial charge in [-0.05, 0) is 25.0 Å². The summed E-state index contributed by atoms with van der Waals surface area (Å²) in [6.45, 7) is 4.84. The molecule has 1 aliphatic heterocycles. The van der Waals surface area contributed by atoms with Crippen LogP contribution < -0.4 is 11.1 Å². The molecule has 4 nitrogen and oxygen atoms in total. The Morgan fingerprint density at radius 1 is 1.35 bits per heavy atom. The number of hydrogen-bond donors (Lipinski definition) is 2. The molecule has 1 fully saturated rings. The van der Waals surface area contributed by atoms with Crippen LogP contribution in [0.3, 0.4) is 0 Å². The first kappa shape index (κ1) is 12.1. The fourth-order valence-corrected chi connectivity index (χ4v) is 2.07. The molecular weight excluding hydrogens is 216 g/mol. The molecule has 4 heteroatoms. The third kappa shape index (κ3) is 2.48. The van der Waals surface area contributed by atoms with Crippen molar-refractivity contribution >= 4 is 11.6 Å². The number of ether oxygens (including phenoxy) is 1. The smallest absolute Gasteiger partial charge is 0.231 e. The number of nitrogens with one attached hydrogen (secondary N) is 1. The van der Waals surface area contributed by atoms with Gasteiger partial charge in [-0.3, -0.25) is 4.79 Å². The monoisotopic (exact) mass is 234 g/mol. The zero-order valence-electron chi connectivity index (χ0n) is 10.2. The molecule has 0 aliphatic carbocycles. The molecule has 0 aromatic heterocycles. The van der Waals surface area contributed by atoms with Crippen LogP contribution in [0.25, 0.3) is 0 Å². The van der Waals surface area contributed by atoms with E-state index in [0.29, 0.717) is 13.2 Å². The first-order chi connectivity index (χ1) is 8.09. The van der Waals surface area contributed by atoms with E-state index in [1.807, 2.05) is 32.0 Å². The van der Waals surface area contributed by atoms with E-state index < -0.39 is 0 Å². The highest BCUT2D eigenvalue weighted by atomic mass is 16.5. The molecule has 3 N–H and O–H groups in total. The Kier molecular flexibility index (Phi) is 3.45. The van der Waals surface area contributed by atoms with Crippen LogP contribution in [0.5, 0.6) is 0 Å². The Hall–Kier alpha value is -1.39. The third-order valence-electron chi connectivity index (χ3n) is 3.19. The number of carbonyl (C=O) groups excluding carboxylic acids is 1. The van der Waals surface area contributed by atoms with E-state index in [9.17, 15) is 4.79 Å². The summed E-state index contributed by atoms with van der Waals surface area (Å²) in [5.41, 5.74) is 8.83. The number of nitrogens with two attached hydrogens (primary N) is 1. The van der Waals surface area contributed by atoms with Crippen LogP contribution in [0.4, 0.5) is 5.69 Å². The number of carbonyl (C=O) groups is 1. The van der Waals surface area contributed by atoms with Crippen molar-refractivity contribution in [1.82, 2.24) is 0 Å². The molecule has 1 heterocycles. The minimum absolute atomic E-state index is 0.0487. The van der Waals surface area contributed by atoms with Gasteiger partial charge < -0.3 is 15.8 Å². The van der Waals surface area contributed by atoms with Crippen LogP contribution in [-0.2, 0) is 9.53 Å². The fourth-order valence-electron chi connectivity index (χ4n) is 2.07. The molecule has 1 aromatic carbocycles. The molecule has 1 aromatic rings. The highest BCUT2D eigenvalue weighted by molar-refractivity contribution is 5.94. The van der Waals surface area contributed by atoms with E-state index in [4.69, 9.17) is 10.5 Å². The first-order valence-corrected chi connectivity index (χ1v) is 5.80. The number of para-hydroxylation sites is 1. The van der Waals surface area contributed by atoms with Crippen LogP contribution >= 0.6 is 0 Å². The second kappa shape index (κ2) is 4.85. The van der Waals surface area contributed by atoms with E-state index in [2.05, 4.69) is 5.32 Å². The number of amides is 1. The fraction of sp³-hybridized carbons (Fsp3) is 0.462.